The van der Waals surface area contributed by atoms with Gasteiger partial charge in [-0.15, -0.1) is 0 Å². The van der Waals surface area contributed by atoms with E-state index in [2.05, 4.69) is 15.4 Å². The summed E-state index contributed by atoms with van der Waals surface area (Å²) in [5.41, 5.74) is 0.816. The predicted octanol–water partition coefficient (Wildman–Crippen LogP) is 2.08. The Kier molecular flexibility index (Phi) is 5.84. The van der Waals surface area contributed by atoms with Crippen molar-refractivity contribution in [3.8, 4) is 0 Å². The maximum atomic E-state index is 12.7. The van der Waals surface area contributed by atoms with Crippen molar-refractivity contribution in [2.24, 2.45) is 0 Å². The molecule has 3 aromatic rings. The van der Waals surface area contributed by atoms with Gasteiger partial charge in [-0.05, 0) is 42.9 Å². The molecule has 29 heavy (non-hydrogen) atoms. The van der Waals surface area contributed by atoms with Crippen molar-refractivity contribution in [1.82, 2.24) is 24.6 Å². The van der Waals surface area contributed by atoms with Gasteiger partial charge in [0.1, 0.15) is 11.6 Å². The Morgan fingerprint density at radius 2 is 2.24 bits per heavy atom. The summed E-state index contributed by atoms with van der Waals surface area (Å²) in [7, 11) is 0. The van der Waals surface area contributed by atoms with Crippen molar-refractivity contribution in [2.45, 2.75) is 44.1 Å². The number of amides is 1. The Labute approximate surface area is 172 Å². The maximum absolute atomic E-state index is 12.7. The molecule has 1 unspecified atom stereocenters. The number of aryl methyl sites for hydroxylation is 1. The molecule has 9 heteroatoms. The average Bonchev–Trinajstić information content (AvgIpc) is 3.24. The number of carbonyl (C=O) groups excluding carboxylic acids is 1. The third kappa shape index (κ3) is 4.45. The van der Waals surface area contributed by atoms with Gasteiger partial charge in [0.25, 0.3) is 5.91 Å². The van der Waals surface area contributed by atoms with Crippen molar-refractivity contribution >= 4 is 17.7 Å². The highest BCUT2D eigenvalue weighted by molar-refractivity contribution is 7.97. The number of rotatable bonds is 6. The SMILES string of the molecule is CSCc1ccc(C(=O)NC2CCc3nn(Cc4cccnc4)c(=O)n3CC2)o1. The predicted molar refractivity (Wildman–Crippen MR) is 110 cm³/mol. The van der Waals surface area contributed by atoms with Gasteiger partial charge in [0.2, 0.25) is 0 Å². The van der Waals surface area contributed by atoms with E-state index in [1.165, 1.54) is 4.68 Å². The fourth-order valence-electron chi connectivity index (χ4n) is 3.52. The standard InChI is InChI=1S/C20H23N5O3S/c1-29-13-16-5-6-17(28-16)19(26)22-15-4-7-18-23-25(20(27)24(18)10-8-15)12-14-3-2-9-21-11-14/h2-3,5-6,9,11,15H,4,7-8,10,12-13H2,1H3,(H,22,26). The first-order chi connectivity index (χ1) is 14.1. The number of carbonyl (C=O) groups is 1. The van der Waals surface area contributed by atoms with E-state index in [1.807, 2.05) is 24.5 Å². The number of nitrogens with one attached hydrogen (secondary N) is 1. The topological polar surface area (TPSA) is 95.0 Å². The molecular formula is C20H23N5O3S. The van der Waals surface area contributed by atoms with E-state index in [1.54, 1.807) is 34.8 Å². The number of hydrogen-bond acceptors (Lipinski definition) is 6. The van der Waals surface area contributed by atoms with Crippen LogP contribution in [0.3, 0.4) is 0 Å². The fraction of sp³-hybridized carbons (Fsp3) is 0.400. The minimum absolute atomic E-state index is 0.0236. The van der Waals surface area contributed by atoms with Gasteiger partial charge in [-0.2, -0.15) is 16.9 Å². The van der Waals surface area contributed by atoms with Crippen LogP contribution >= 0.6 is 11.8 Å². The summed E-state index contributed by atoms with van der Waals surface area (Å²) in [6, 6.07) is 7.29. The number of thioether (sulfide) groups is 1. The Bertz CT molecular complexity index is 1040. The Morgan fingerprint density at radius 3 is 3.03 bits per heavy atom. The highest BCUT2D eigenvalue weighted by Crippen LogP contribution is 2.16. The molecule has 1 aliphatic rings. The molecule has 1 N–H and O–H groups in total. The van der Waals surface area contributed by atoms with Gasteiger partial charge in [-0.25, -0.2) is 9.48 Å². The van der Waals surface area contributed by atoms with Crippen molar-refractivity contribution in [3.63, 3.8) is 0 Å². The van der Waals surface area contributed by atoms with E-state index in [0.717, 1.165) is 29.3 Å². The lowest BCUT2D eigenvalue weighted by Gasteiger charge is -2.15. The van der Waals surface area contributed by atoms with Crippen LogP contribution in [0.25, 0.3) is 0 Å². The summed E-state index contributed by atoms with van der Waals surface area (Å²) in [5, 5.41) is 7.54. The molecular weight excluding hydrogens is 390 g/mol. The molecule has 152 valence electrons. The summed E-state index contributed by atoms with van der Waals surface area (Å²) < 4.78 is 8.79. The van der Waals surface area contributed by atoms with Crippen LogP contribution in [-0.4, -0.2) is 37.5 Å². The second kappa shape index (κ2) is 8.69. The molecule has 0 saturated heterocycles. The minimum atomic E-state index is -0.212. The summed E-state index contributed by atoms with van der Waals surface area (Å²) in [4.78, 5) is 29.3. The first kappa shape index (κ1) is 19.5. The third-order valence-corrected chi connectivity index (χ3v) is 5.55. The molecule has 0 spiro atoms. The van der Waals surface area contributed by atoms with E-state index >= 15 is 0 Å². The molecule has 1 amide bonds. The molecule has 1 atom stereocenters. The molecule has 3 aromatic heterocycles. The van der Waals surface area contributed by atoms with Crippen molar-refractivity contribution in [1.29, 1.82) is 0 Å². The molecule has 4 heterocycles. The summed E-state index contributed by atoms with van der Waals surface area (Å²) in [6.45, 7) is 0.936. The van der Waals surface area contributed by atoms with Crippen LogP contribution in [0, 0.1) is 0 Å². The molecule has 0 aromatic carbocycles. The van der Waals surface area contributed by atoms with Gasteiger partial charge < -0.3 is 9.73 Å². The molecule has 0 fully saturated rings. The van der Waals surface area contributed by atoms with Gasteiger partial charge in [-0.3, -0.25) is 14.3 Å². The van der Waals surface area contributed by atoms with Gasteiger partial charge in [0, 0.05) is 31.4 Å². The van der Waals surface area contributed by atoms with E-state index < -0.39 is 0 Å². The number of hydrogen-bond donors (Lipinski definition) is 1. The second-order valence-corrected chi connectivity index (χ2v) is 7.93. The third-order valence-electron chi connectivity index (χ3n) is 4.98. The first-order valence-electron chi connectivity index (χ1n) is 9.58. The molecule has 4 rings (SSSR count). The average molecular weight is 414 g/mol. The normalized spacial score (nSPS) is 16.2. The Balaban J connectivity index is 1.39. The number of nitrogens with zero attached hydrogens (tertiary/aromatic N) is 4. The van der Waals surface area contributed by atoms with Crippen LogP contribution in [-0.2, 0) is 25.3 Å². The number of pyridine rings is 1. The van der Waals surface area contributed by atoms with E-state index in [9.17, 15) is 9.59 Å². The van der Waals surface area contributed by atoms with Crippen LogP contribution < -0.4 is 11.0 Å². The fourth-order valence-corrected chi connectivity index (χ4v) is 3.96. The number of fused-ring (bicyclic) bond motifs is 1. The number of aromatic nitrogens is 4. The lowest BCUT2D eigenvalue weighted by Crippen LogP contribution is -2.35. The lowest BCUT2D eigenvalue weighted by molar-refractivity contribution is 0.0903. The number of furan rings is 1. The van der Waals surface area contributed by atoms with Crippen molar-refractivity contribution in [2.75, 3.05) is 6.26 Å². The largest absolute Gasteiger partial charge is 0.455 e. The molecule has 0 aliphatic carbocycles. The molecule has 1 aliphatic heterocycles. The second-order valence-electron chi connectivity index (χ2n) is 7.07. The minimum Gasteiger partial charge on any atom is -0.455 e. The van der Waals surface area contributed by atoms with Crippen LogP contribution in [0.1, 0.15) is 40.5 Å². The first-order valence-corrected chi connectivity index (χ1v) is 11.0. The van der Waals surface area contributed by atoms with E-state index in [4.69, 9.17) is 4.42 Å². The van der Waals surface area contributed by atoms with Gasteiger partial charge in [-0.1, -0.05) is 6.07 Å². The highest BCUT2D eigenvalue weighted by atomic mass is 32.2. The lowest BCUT2D eigenvalue weighted by atomic mass is 10.1. The molecule has 0 radical (unpaired) electrons. The van der Waals surface area contributed by atoms with Gasteiger partial charge in [0.05, 0.1) is 12.3 Å². The highest BCUT2D eigenvalue weighted by Gasteiger charge is 2.23. The zero-order valence-corrected chi connectivity index (χ0v) is 17.0. The van der Waals surface area contributed by atoms with E-state index in [-0.39, 0.29) is 17.6 Å². The monoisotopic (exact) mass is 413 g/mol. The van der Waals surface area contributed by atoms with Crippen LogP contribution in [0.2, 0.25) is 0 Å². The van der Waals surface area contributed by atoms with Gasteiger partial charge >= 0.3 is 5.69 Å². The van der Waals surface area contributed by atoms with Crippen LogP contribution in [0.5, 0.6) is 0 Å². The van der Waals surface area contributed by atoms with Gasteiger partial charge in [0.15, 0.2) is 5.76 Å². The van der Waals surface area contributed by atoms with Crippen LogP contribution in [0.4, 0.5) is 0 Å². The van der Waals surface area contributed by atoms with Crippen molar-refractivity contribution < 1.29 is 9.21 Å². The summed E-state index contributed by atoms with van der Waals surface area (Å²) in [6.07, 6.45) is 7.47. The zero-order chi connectivity index (χ0) is 20.2. The molecule has 0 saturated carbocycles. The summed E-state index contributed by atoms with van der Waals surface area (Å²) >= 11 is 1.64. The van der Waals surface area contributed by atoms with E-state index in [0.29, 0.717) is 31.7 Å². The zero-order valence-electron chi connectivity index (χ0n) is 16.2. The summed E-state index contributed by atoms with van der Waals surface area (Å²) in [5.74, 6) is 2.41. The quantitative estimate of drug-likeness (QED) is 0.665. The Morgan fingerprint density at radius 1 is 1.34 bits per heavy atom. The smallest absolute Gasteiger partial charge is 0.346 e. The maximum Gasteiger partial charge on any atom is 0.346 e. The molecule has 8 nitrogen and oxygen atoms in total. The molecule has 0 bridgehead atoms. The Hall–Kier alpha value is -2.81. The van der Waals surface area contributed by atoms with Crippen molar-refractivity contribution in [3.05, 3.63) is 70.1 Å². The van der Waals surface area contributed by atoms with Crippen LogP contribution in [0.15, 0.2) is 45.9 Å².